The fourth-order valence-corrected chi connectivity index (χ4v) is 2.33. The van der Waals surface area contributed by atoms with Crippen molar-refractivity contribution in [3.8, 4) is 5.75 Å². The minimum Gasteiger partial charge on any atom is -0.489 e. The molecule has 3 nitrogen and oxygen atoms in total. The van der Waals surface area contributed by atoms with Crippen molar-refractivity contribution >= 4 is 17.4 Å². The first-order valence-corrected chi connectivity index (χ1v) is 7.45. The van der Waals surface area contributed by atoms with Gasteiger partial charge in [-0.15, -0.1) is 0 Å². The SMILES string of the molecule is Clc1ccc(COc2cccc(C3=NCCCN3)c2)cc1. The van der Waals surface area contributed by atoms with Gasteiger partial charge in [0.05, 0.1) is 0 Å². The summed E-state index contributed by atoms with van der Waals surface area (Å²) in [5.41, 5.74) is 2.17. The molecule has 1 aliphatic heterocycles. The van der Waals surface area contributed by atoms with Crippen LogP contribution in [0, 0.1) is 0 Å². The number of hydrogen-bond donors (Lipinski definition) is 1. The van der Waals surface area contributed by atoms with Crippen LogP contribution >= 0.6 is 11.6 Å². The molecule has 1 aliphatic rings. The van der Waals surface area contributed by atoms with E-state index >= 15 is 0 Å². The third kappa shape index (κ3) is 3.76. The fraction of sp³-hybridized carbons (Fsp3) is 0.235. The Balaban J connectivity index is 1.68. The van der Waals surface area contributed by atoms with Gasteiger partial charge in [-0.25, -0.2) is 0 Å². The Labute approximate surface area is 129 Å². The molecule has 0 fully saturated rings. The highest BCUT2D eigenvalue weighted by molar-refractivity contribution is 6.30. The van der Waals surface area contributed by atoms with E-state index in [9.17, 15) is 0 Å². The summed E-state index contributed by atoms with van der Waals surface area (Å²) in [6, 6.07) is 15.7. The molecule has 21 heavy (non-hydrogen) atoms. The molecule has 1 heterocycles. The maximum atomic E-state index is 5.87. The van der Waals surface area contributed by atoms with E-state index in [2.05, 4.69) is 10.3 Å². The summed E-state index contributed by atoms with van der Waals surface area (Å²) in [5, 5.41) is 4.06. The van der Waals surface area contributed by atoms with Crippen LogP contribution in [-0.4, -0.2) is 18.9 Å². The number of ether oxygens (including phenoxy) is 1. The van der Waals surface area contributed by atoms with E-state index in [4.69, 9.17) is 16.3 Å². The van der Waals surface area contributed by atoms with Gasteiger partial charge in [0, 0.05) is 23.7 Å². The molecule has 0 aromatic heterocycles. The summed E-state index contributed by atoms with van der Waals surface area (Å²) in [4.78, 5) is 4.50. The Morgan fingerprint density at radius 3 is 2.76 bits per heavy atom. The molecule has 0 radical (unpaired) electrons. The third-order valence-corrected chi connectivity index (χ3v) is 3.58. The van der Waals surface area contributed by atoms with Crippen molar-refractivity contribution in [2.75, 3.05) is 13.1 Å². The van der Waals surface area contributed by atoms with Crippen molar-refractivity contribution in [3.05, 3.63) is 64.7 Å². The normalized spacial score (nSPS) is 14.2. The van der Waals surface area contributed by atoms with Gasteiger partial charge in [-0.1, -0.05) is 35.9 Å². The van der Waals surface area contributed by atoms with Crippen molar-refractivity contribution in [1.82, 2.24) is 5.32 Å². The van der Waals surface area contributed by atoms with Crippen LogP contribution in [0.25, 0.3) is 0 Å². The number of benzene rings is 2. The smallest absolute Gasteiger partial charge is 0.128 e. The van der Waals surface area contributed by atoms with E-state index in [1.165, 1.54) is 0 Å². The average Bonchev–Trinajstić information content (AvgIpc) is 2.55. The topological polar surface area (TPSA) is 33.6 Å². The predicted octanol–water partition coefficient (Wildman–Crippen LogP) is 3.66. The zero-order valence-corrected chi connectivity index (χ0v) is 12.4. The van der Waals surface area contributed by atoms with Crippen LogP contribution < -0.4 is 10.1 Å². The molecule has 2 aromatic carbocycles. The van der Waals surface area contributed by atoms with Crippen LogP contribution in [0.1, 0.15) is 17.5 Å². The zero-order valence-electron chi connectivity index (χ0n) is 11.7. The predicted molar refractivity (Wildman–Crippen MR) is 86.2 cm³/mol. The number of halogens is 1. The lowest BCUT2D eigenvalue weighted by Gasteiger charge is -2.15. The molecule has 1 N–H and O–H groups in total. The van der Waals surface area contributed by atoms with E-state index < -0.39 is 0 Å². The van der Waals surface area contributed by atoms with Crippen LogP contribution in [-0.2, 0) is 6.61 Å². The largest absolute Gasteiger partial charge is 0.489 e. The van der Waals surface area contributed by atoms with Crippen LogP contribution in [0.15, 0.2) is 53.5 Å². The molecule has 0 bridgehead atoms. The standard InChI is InChI=1S/C17H17ClN2O/c18-15-7-5-13(6-8-15)12-21-16-4-1-3-14(11-16)17-19-9-2-10-20-17/h1,3-8,11H,2,9-10,12H2,(H,19,20). The summed E-state index contributed by atoms with van der Waals surface area (Å²) >= 11 is 5.87. The highest BCUT2D eigenvalue weighted by Crippen LogP contribution is 2.17. The quantitative estimate of drug-likeness (QED) is 0.935. The van der Waals surface area contributed by atoms with Gasteiger partial charge in [-0.3, -0.25) is 4.99 Å². The Morgan fingerprint density at radius 2 is 2.00 bits per heavy atom. The second-order valence-electron chi connectivity index (χ2n) is 4.95. The molecular formula is C17H17ClN2O. The Hall–Kier alpha value is -2.00. The van der Waals surface area contributed by atoms with Crippen molar-refractivity contribution in [2.45, 2.75) is 13.0 Å². The second kappa shape index (κ2) is 6.64. The molecule has 0 saturated carbocycles. The first kappa shape index (κ1) is 14.0. The third-order valence-electron chi connectivity index (χ3n) is 3.32. The molecule has 108 valence electrons. The van der Waals surface area contributed by atoms with Gasteiger partial charge >= 0.3 is 0 Å². The van der Waals surface area contributed by atoms with Gasteiger partial charge in [0.2, 0.25) is 0 Å². The summed E-state index contributed by atoms with van der Waals surface area (Å²) in [5.74, 6) is 1.80. The van der Waals surface area contributed by atoms with Crippen molar-refractivity contribution in [1.29, 1.82) is 0 Å². The van der Waals surface area contributed by atoms with E-state index in [1.54, 1.807) is 0 Å². The number of amidine groups is 1. The van der Waals surface area contributed by atoms with Gasteiger partial charge in [-0.05, 0) is 36.2 Å². The Bertz CT molecular complexity index is 637. The van der Waals surface area contributed by atoms with E-state index in [0.29, 0.717) is 6.61 Å². The molecule has 0 spiro atoms. The summed E-state index contributed by atoms with van der Waals surface area (Å²) < 4.78 is 5.84. The number of nitrogens with zero attached hydrogens (tertiary/aromatic N) is 1. The van der Waals surface area contributed by atoms with E-state index in [0.717, 1.165) is 47.2 Å². The summed E-state index contributed by atoms with van der Waals surface area (Å²) in [6.45, 7) is 2.40. The van der Waals surface area contributed by atoms with E-state index in [-0.39, 0.29) is 0 Å². The van der Waals surface area contributed by atoms with Crippen molar-refractivity contribution < 1.29 is 4.74 Å². The molecule has 0 unspecified atom stereocenters. The monoisotopic (exact) mass is 300 g/mol. The first-order valence-electron chi connectivity index (χ1n) is 7.07. The van der Waals surface area contributed by atoms with Gasteiger partial charge in [0.15, 0.2) is 0 Å². The Morgan fingerprint density at radius 1 is 1.14 bits per heavy atom. The summed E-state index contributed by atoms with van der Waals surface area (Å²) in [6.07, 6.45) is 1.09. The van der Waals surface area contributed by atoms with Crippen molar-refractivity contribution in [2.24, 2.45) is 4.99 Å². The maximum Gasteiger partial charge on any atom is 0.128 e. The van der Waals surface area contributed by atoms with Gasteiger partial charge < -0.3 is 10.1 Å². The molecule has 4 heteroatoms. The van der Waals surface area contributed by atoms with Gasteiger partial charge in [0.25, 0.3) is 0 Å². The lowest BCUT2D eigenvalue weighted by molar-refractivity contribution is 0.306. The minimum absolute atomic E-state index is 0.528. The molecular weight excluding hydrogens is 284 g/mol. The lowest BCUT2D eigenvalue weighted by Crippen LogP contribution is -2.30. The number of rotatable bonds is 4. The highest BCUT2D eigenvalue weighted by Gasteiger charge is 2.07. The number of nitrogens with one attached hydrogen (secondary N) is 1. The molecule has 0 aliphatic carbocycles. The van der Waals surface area contributed by atoms with Crippen LogP contribution in [0.5, 0.6) is 5.75 Å². The van der Waals surface area contributed by atoms with E-state index in [1.807, 2.05) is 48.5 Å². The lowest BCUT2D eigenvalue weighted by atomic mass is 10.1. The molecule has 3 rings (SSSR count). The number of aliphatic imine (C=N–C) groups is 1. The van der Waals surface area contributed by atoms with Crippen LogP contribution in [0.4, 0.5) is 0 Å². The molecule has 0 saturated heterocycles. The minimum atomic E-state index is 0.528. The van der Waals surface area contributed by atoms with Gasteiger partial charge in [0.1, 0.15) is 18.2 Å². The Kier molecular flexibility index (Phi) is 4.41. The second-order valence-corrected chi connectivity index (χ2v) is 5.39. The average molecular weight is 301 g/mol. The number of hydrogen-bond acceptors (Lipinski definition) is 3. The van der Waals surface area contributed by atoms with Crippen LogP contribution in [0.3, 0.4) is 0 Å². The molecule has 0 amide bonds. The molecule has 2 aromatic rings. The zero-order chi connectivity index (χ0) is 14.5. The molecule has 0 atom stereocenters. The van der Waals surface area contributed by atoms with Gasteiger partial charge in [-0.2, -0.15) is 0 Å². The van der Waals surface area contributed by atoms with Crippen LogP contribution in [0.2, 0.25) is 5.02 Å². The maximum absolute atomic E-state index is 5.87. The highest BCUT2D eigenvalue weighted by atomic mass is 35.5. The fourth-order valence-electron chi connectivity index (χ4n) is 2.21. The van der Waals surface area contributed by atoms with Crippen molar-refractivity contribution in [3.63, 3.8) is 0 Å². The summed E-state index contributed by atoms with van der Waals surface area (Å²) in [7, 11) is 0. The first-order chi connectivity index (χ1) is 10.3.